The maximum Gasteiger partial charge on any atom is 0.251 e. The van der Waals surface area contributed by atoms with E-state index in [1.54, 1.807) is 18.2 Å². The number of amides is 1. The number of benzene rings is 1. The van der Waals surface area contributed by atoms with Crippen molar-refractivity contribution >= 4 is 21.8 Å². The molecule has 20 heavy (non-hydrogen) atoms. The van der Waals surface area contributed by atoms with Gasteiger partial charge in [-0.2, -0.15) is 0 Å². The van der Waals surface area contributed by atoms with Crippen LogP contribution >= 0.6 is 15.9 Å². The first-order valence-corrected chi connectivity index (χ1v) is 7.85. The Labute approximate surface area is 129 Å². The first-order chi connectivity index (χ1) is 9.62. The Bertz CT molecular complexity index is 437. The molecule has 5 heteroatoms. The smallest absolute Gasteiger partial charge is 0.251 e. The summed E-state index contributed by atoms with van der Waals surface area (Å²) in [6.07, 6.45) is 0.966. The molecule has 0 saturated heterocycles. The summed E-state index contributed by atoms with van der Waals surface area (Å²) >= 11 is 3.49. The number of alkyl halides is 1. The molecule has 1 amide bonds. The van der Waals surface area contributed by atoms with Crippen LogP contribution in [0.4, 0.5) is 0 Å². The van der Waals surface area contributed by atoms with Gasteiger partial charge in [-0.15, -0.1) is 0 Å². The fraction of sp³-hybridized carbons (Fsp3) is 0.533. The molecule has 0 aliphatic rings. The molecule has 0 radical (unpaired) electrons. The zero-order valence-electron chi connectivity index (χ0n) is 12.2. The molecule has 0 heterocycles. The fourth-order valence-corrected chi connectivity index (χ4v) is 1.80. The van der Waals surface area contributed by atoms with Gasteiger partial charge in [0.05, 0.1) is 13.2 Å². The van der Waals surface area contributed by atoms with Gasteiger partial charge in [-0.05, 0) is 38.5 Å². The van der Waals surface area contributed by atoms with Gasteiger partial charge in [-0.1, -0.05) is 22.9 Å². The molecule has 0 fully saturated rings. The Kier molecular flexibility index (Phi) is 7.44. The van der Waals surface area contributed by atoms with Crippen LogP contribution in [0.5, 0.6) is 11.5 Å². The lowest BCUT2D eigenvalue weighted by Crippen LogP contribution is -2.29. The lowest BCUT2D eigenvalue weighted by Gasteiger charge is -2.13. The number of hydrogen-bond acceptors (Lipinski definition) is 3. The molecule has 0 aliphatic heterocycles. The third kappa shape index (κ3) is 5.04. The zero-order chi connectivity index (χ0) is 15.0. The number of rotatable bonds is 8. The molecular weight excluding hydrogens is 322 g/mol. The first kappa shape index (κ1) is 16.8. The number of nitrogens with one attached hydrogen (secondary N) is 1. The Morgan fingerprint density at radius 1 is 1.20 bits per heavy atom. The molecule has 1 rings (SSSR count). The topological polar surface area (TPSA) is 47.6 Å². The normalized spacial score (nSPS) is 11.8. The van der Waals surface area contributed by atoms with E-state index in [2.05, 4.69) is 28.2 Å². The summed E-state index contributed by atoms with van der Waals surface area (Å²) in [5.41, 5.74) is 0.577. The summed E-state index contributed by atoms with van der Waals surface area (Å²) in [6.45, 7) is 7.58. The van der Waals surface area contributed by atoms with Crippen molar-refractivity contribution in [3.8, 4) is 11.5 Å². The molecule has 1 N–H and O–H groups in total. The van der Waals surface area contributed by atoms with Crippen molar-refractivity contribution in [3.63, 3.8) is 0 Å². The monoisotopic (exact) mass is 343 g/mol. The maximum atomic E-state index is 12.1. The second-order valence-electron chi connectivity index (χ2n) is 4.24. The highest BCUT2D eigenvalue weighted by molar-refractivity contribution is 9.09. The third-order valence-corrected chi connectivity index (χ3v) is 3.70. The molecule has 0 aliphatic carbocycles. The van der Waals surface area contributed by atoms with Crippen molar-refractivity contribution in [2.45, 2.75) is 32.0 Å². The lowest BCUT2D eigenvalue weighted by molar-refractivity contribution is 0.0953. The van der Waals surface area contributed by atoms with Gasteiger partial charge >= 0.3 is 0 Å². The van der Waals surface area contributed by atoms with Crippen LogP contribution in [-0.2, 0) is 0 Å². The van der Waals surface area contributed by atoms with Gasteiger partial charge in [0.15, 0.2) is 11.5 Å². The van der Waals surface area contributed by atoms with Crippen molar-refractivity contribution in [2.24, 2.45) is 0 Å². The summed E-state index contributed by atoms with van der Waals surface area (Å²) in [5, 5.41) is 2.89. The number of hydrogen-bond donors (Lipinski definition) is 1. The van der Waals surface area contributed by atoms with Gasteiger partial charge in [-0.3, -0.25) is 4.79 Å². The standard InChI is InChI=1S/C15H22BrNO3/c1-4-12(16)10-17-15(18)11-7-8-13(19-5-2)14(9-11)20-6-3/h7-9,12H,4-6,10H2,1-3H3,(H,17,18). The van der Waals surface area contributed by atoms with Crippen molar-refractivity contribution in [1.82, 2.24) is 5.32 Å². The number of carbonyl (C=O) groups excluding carboxylic acids is 1. The molecule has 1 aromatic carbocycles. The third-order valence-electron chi connectivity index (χ3n) is 2.73. The predicted molar refractivity (Wildman–Crippen MR) is 84.1 cm³/mol. The average molecular weight is 344 g/mol. The van der Waals surface area contributed by atoms with Crippen molar-refractivity contribution in [2.75, 3.05) is 19.8 Å². The highest BCUT2D eigenvalue weighted by Crippen LogP contribution is 2.28. The largest absolute Gasteiger partial charge is 0.490 e. The van der Waals surface area contributed by atoms with Gasteiger partial charge in [0.2, 0.25) is 0 Å². The molecule has 4 nitrogen and oxygen atoms in total. The van der Waals surface area contributed by atoms with E-state index in [0.29, 0.717) is 41.6 Å². The van der Waals surface area contributed by atoms with Gasteiger partial charge in [0.25, 0.3) is 5.91 Å². The van der Waals surface area contributed by atoms with Crippen LogP contribution in [0.3, 0.4) is 0 Å². The molecule has 0 spiro atoms. The van der Waals surface area contributed by atoms with Crippen LogP contribution in [0.1, 0.15) is 37.6 Å². The van der Waals surface area contributed by atoms with Crippen LogP contribution in [-0.4, -0.2) is 30.5 Å². The highest BCUT2D eigenvalue weighted by Gasteiger charge is 2.12. The molecular formula is C15H22BrNO3. The van der Waals surface area contributed by atoms with Crippen LogP contribution in [0.2, 0.25) is 0 Å². The van der Waals surface area contributed by atoms with Crippen LogP contribution in [0.15, 0.2) is 18.2 Å². The minimum Gasteiger partial charge on any atom is -0.490 e. The SMILES string of the molecule is CCOc1ccc(C(=O)NCC(Br)CC)cc1OCC. The average Bonchev–Trinajstić information content (AvgIpc) is 2.46. The second kappa shape index (κ2) is 8.84. The van der Waals surface area contributed by atoms with Crippen molar-refractivity contribution in [3.05, 3.63) is 23.8 Å². The van der Waals surface area contributed by atoms with E-state index in [-0.39, 0.29) is 5.91 Å². The van der Waals surface area contributed by atoms with Gasteiger partial charge in [0, 0.05) is 16.9 Å². The molecule has 112 valence electrons. The molecule has 0 aromatic heterocycles. The van der Waals surface area contributed by atoms with Crippen LogP contribution in [0.25, 0.3) is 0 Å². The second-order valence-corrected chi connectivity index (χ2v) is 5.54. The van der Waals surface area contributed by atoms with E-state index in [0.717, 1.165) is 6.42 Å². The number of halogens is 1. The quantitative estimate of drug-likeness (QED) is 0.736. The molecule has 1 aromatic rings. The van der Waals surface area contributed by atoms with Crippen molar-refractivity contribution < 1.29 is 14.3 Å². The Morgan fingerprint density at radius 3 is 2.45 bits per heavy atom. The highest BCUT2D eigenvalue weighted by atomic mass is 79.9. The van der Waals surface area contributed by atoms with E-state index in [9.17, 15) is 4.79 Å². The Hall–Kier alpha value is -1.23. The van der Waals surface area contributed by atoms with E-state index >= 15 is 0 Å². The van der Waals surface area contributed by atoms with Gasteiger partial charge < -0.3 is 14.8 Å². The van der Waals surface area contributed by atoms with E-state index in [1.165, 1.54) is 0 Å². The molecule has 1 unspecified atom stereocenters. The maximum absolute atomic E-state index is 12.1. The summed E-state index contributed by atoms with van der Waals surface area (Å²) in [5.74, 6) is 1.16. The summed E-state index contributed by atoms with van der Waals surface area (Å²) < 4.78 is 11.0. The Morgan fingerprint density at radius 2 is 1.85 bits per heavy atom. The summed E-state index contributed by atoms with van der Waals surface area (Å²) in [6, 6.07) is 5.24. The fourth-order valence-electron chi connectivity index (χ4n) is 1.64. The van der Waals surface area contributed by atoms with E-state index in [4.69, 9.17) is 9.47 Å². The molecule has 0 saturated carbocycles. The zero-order valence-corrected chi connectivity index (χ0v) is 13.8. The summed E-state index contributed by atoms with van der Waals surface area (Å²) in [7, 11) is 0. The van der Waals surface area contributed by atoms with Crippen LogP contribution in [0, 0.1) is 0 Å². The van der Waals surface area contributed by atoms with E-state index in [1.807, 2.05) is 13.8 Å². The number of ether oxygens (including phenoxy) is 2. The van der Waals surface area contributed by atoms with Gasteiger partial charge in [0.1, 0.15) is 0 Å². The summed E-state index contributed by atoms with van der Waals surface area (Å²) in [4.78, 5) is 12.4. The lowest BCUT2D eigenvalue weighted by atomic mass is 10.2. The van der Waals surface area contributed by atoms with E-state index < -0.39 is 0 Å². The minimum atomic E-state index is -0.105. The molecule has 0 bridgehead atoms. The number of carbonyl (C=O) groups is 1. The predicted octanol–water partition coefficient (Wildman–Crippen LogP) is 3.39. The first-order valence-electron chi connectivity index (χ1n) is 6.94. The molecule has 1 atom stereocenters. The minimum absolute atomic E-state index is 0.105. The van der Waals surface area contributed by atoms with Crippen molar-refractivity contribution in [1.29, 1.82) is 0 Å². The Balaban J connectivity index is 2.79. The van der Waals surface area contributed by atoms with Gasteiger partial charge in [-0.25, -0.2) is 0 Å². The van der Waals surface area contributed by atoms with Crippen LogP contribution < -0.4 is 14.8 Å².